The molecule has 0 aliphatic carbocycles. The maximum atomic E-state index is 5.32. The molecule has 0 aliphatic heterocycles. The fraction of sp³-hybridized carbons (Fsp3) is 0. The first-order chi connectivity index (χ1) is 29.8. The largest absolute Gasteiger partial charge is 0.309 e. The van der Waals surface area contributed by atoms with E-state index in [1.807, 2.05) is 6.20 Å². The Bertz CT molecular complexity index is 3870. The first-order valence-electron chi connectivity index (χ1n) is 20.5. The molecule has 0 radical (unpaired) electrons. The number of fused-ring (bicyclic) bond motifs is 13. The van der Waals surface area contributed by atoms with Gasteiger partial charge in [0.15, 0.2) is 0 Å². The van der Waals surface area contributed by atoms with E-state index in [1.165, 1.54) is 70.9 Å². The third-order valence-electron chi connectivity index (χ3n) is 12.5. The van der Waals surface area contributed by atoms with Crippen LogP contribution in [-0.2, 0) is 0 Å². The third kappa shape index (κ3) is 4.79. The minimum absolute atomic E-state index is 0.852. The van der Waals surface area contributed by atoms with E-state index in [0.29, 0.717) is 0 Å². The predicted octanol–water partition coefficient (Wildman–Crippen LogP) is 14.6. The summed E-state index contributed by atoms with van der Waals surface area (Å²) in [5.41, 5.74) is 13.1. The normalized spacial score (nSPS) is 12.0. The highest BCUT2D eigenvalue weighted by molar-refractivity contribution is 6.23. The van der Waals surface area contributed by atoms with Gasteiger partial charge in [-0.1, -0.05) is 146 Å². The molecule has 60 heavy (non-hydrogen) atoms. The van der Waals surface area contributed by atoms with E-state index in [4.69, 9.17) is 9.97 Å². The molecule has 0 atom stereocenters. The summed E-state index contributed by atoms with van der Waals surface area (Å²) in [6.45, 7) is 0. The fourth-order valence-corrected chi connectivity index (χ4v) is 9.81. The lowest BCUT2D eigenvalue weighted by atomic mass is 9.99. The van der Waals surface area contributed by atoms with Crippen molar-refractivity contribution in [3.63, 3.8) is 0 Å². The Kier molecular flexibility index (Phi) is 6.98. The van der Waals surface area contributed by atoms with Crippen LogP contribution >= 0.6 is 0 Å². The molecule has 0 N–H and O–H groups in total. The SMILES string of the molecule is c1cc(-c2cnc3c4ccccc4c4ccccc4c3n2)cc(-n2c3ccccc3c3cc(-c4ccc5c(c4)c4ccccc4n5-c4cccc5ccccc45)ccc32)c1. The van der Waals surface area contributed by atoms with Crippen molar-refractivity contribution < 1.29 is 0 Å². The zero-order chi connectivity index (χ0) is 39.3. The molecule has 0 amide bonds. The van der Waals surface area contributed by atoms with Crippen LogP contribution in [0.3, 0.4) is 0 Å². The van der Waals surface area contributed by atoms with E-state index < -0.39 is 0 Å². The monoisotopic (exact) mass is 762 g/mol. The molecule has 13 aromatic rings. The van der Waals surface area contributed by atoms with Crippen molar-refractivity contribution in [2.75, 3.05) is 0 Å². The zero-order valence-corrected chi connectivity index (χ0v) is 32.4. The van der Waals surface area contributed by atoms with Gasteiger partial charge in [0.2, 0.25) is 0 Å². The molecule has 0 aliphatic rings. The molecule has 4 heteroatoms. The van der Waals surface area contributed by atoms with Gasteiger partial charge in [-0.3, -0.25) is 4.98 Å². The van der Waals surface area contributed by atoms with E-state index in [1.54, 1.807) is 0 Å². The van der Waals surface area contributed by atoms with Crippen LogP contribution in [0.4, 0.5) is 0 Å². The summed E-state index contributed by atoms with van der Waals surface area (Å²) < 4.78 is 4.81. The van der Waals surface area contributed by atoms with Gasteiger partial charge in [0, 0.05) is 49.0 Å². The second kappa shape index (κ2) is 12.7. The molecule has 0 unspecified atom stereocenters. The zero-order valence-electron chi connectivity index (χ0n) is 32.4. The average molecular weight is 763 g/mol. The molecule has 4 nitrogen and oxygen atoms in total. The third-order valence-corrected chi connectivity index (χ3v) is 12.5. The maximum absolute atomic E-state index is 5.32. The molecule has 0 fully saturated rings. The summed E-state index contributed by atoms with van der Waals surface area (Å²) in [7, 11) is 0. The summed E-state index contributed by atoms with van der Waals surface area (Å²) in [4.78, 5) is 10.4. The number of hydrogen-bond acceptors (Lipinski definition) is 2. The van der Waals surface area contributed by atoms with Crippen LogP contribution in [-0.4, -0.2) is 19.1 Å². The fourth-order valence-electron chi connectivity index (χ4n) is 9.81. The van der Waals surface area contributed by atoms with Crippen LogP contribution in [0.2, 0.25) is 0 Å². The van der Waals surface area contributed by atoms with Gasteiger partial charge in [-0.05, 0) is 81.9 Å². The van der Waals surface area contributed by atoms with Crippen molar-refractivity contribution in [1.29, 1.82) is 0 Å². The molecule has 0 bridgehead atoms. The van der Waals surface area contributed by atoms with E-state index in [2.05, 4.69) is 209 Å². The number of para-hydroxylation sites is 2. The first kappa shape index (κ1) is 32.9. The Morgan fingerprint density at radius 1 is 0.317 bits per heavy atom. The molecule has 3 heterocycles. The van der Waals surface area contributed by atoms with E-state index in [9.17, 15) is 0 Å². The van der Waals surface area contributed by atoms with E-state index >= 15 is 0 Å². The lowest BCUT2D eigenvalue weighted by Crippen LogP contribution is -1.96. The number of rotatable bonds is 4. The minimum Gasteiger partial charge on any atom is -0.309 e. The molecular formula is C56H34N4. The summed E-state index contributed by atoms with van der Waals surface area (Å²) in [6.07, 6.45) is 1.93. The Labute approximate surface area is 344 Å². The van der Waals surface area contributed by atoms with E-state index in [0.717, 1.165) is 49.8 Å². The van der Waals surface area contributed by atoms with Gasteiger partial charge in [0.05, 0.1) is 50.7 Å². The molecule has 0 saturated heterocycles. The second-order valence-electron chi connectivity index (χ2n) is 15.8. The molecule has 0 spiro atoms. The standard InChI is InChI=1S/C56H34N4/c1-2-17-40-35(13-1)14-12-26-50(40)60-52-25-10-8-21-44(52)48-33-37(28-30-54(48)60)36-27-29-53-47(32-36)43-20-7-9-24-51(43)59(53)39-16-11-15-38(31-39)49-34-57-55-45-22-5-3-18-41(45)42-19-4-6-23-46(42)56(55)58-49/h1-34H. The highest BCUT2D eigenvalue weighted by atomic mass is 15.0. The smallest absolute Gasteiger partial charge is 0.0979 e. The summed E-state index contributed by atoms with van der Waals surface area (Å²) >= 11 is 0. The van der Waals surface area contributed by atoms with Gasteiger partial charge in [-0.25, -0.2) is 4.98 Å². The van der Waals surface area contributed by atoms with Gasteiger partial charge in [-0.2, -0.15) is 0 Å². The Morgan fingerprint density at radius 2 is 0.833 bits per heavy atom. The number of benzene rings is 10. The van der Waals surface area contributed by atoms with Crippen LogP contribution < -0.4 is 0 Å². The van der Waals surface area contributed by atoms with Crippen LogP contribution in [0.5, 0.6) is 0 Å². The molecule has 3 aromatic heterocycles. The van der Waals surface area contributed by atoms with Crippen molar-refractivity contribution in [2.24, 2.45) is 0 Å². The van der Waals surface area contributed by atoms with Gasteiger partial charge in [0.25, 0.3) is 0 Å². The van der Waals surface area contributed by atoms with E-state index in [-0.39, 0.29) is 0 Å². The summed E-state index contributed by atoms with van der Waals surface area (Å²) in [6, 6.07) is 72.4. The quantitative estimate of drug-likeness (QED) is 0.167. The Balaban J connectivity index is 0.950. The highest BCUT2D eigenvalue weighted by Crippen LogP contribution is 2.40. The van der Waals surface area contributed by atoms with Crippen LogP contribution in [0.1, 0.15) is 0 Å². The predicted molar refractivity (Wildman–Crippen MR) is 252 cm³/mol. The lowest BCUT2D eigenvalue weighted by Gasteiger charge is -2.12. The van der Waals surface area contributed by atoms with Crippen LogP contribution in [0, 0.1) is 0 Å². The summed E-state index contributed by atoms with van der Waals surface area (Å²) in [5.74, 6) is 0. The number of aromatic nitrogens is 4. The Morgan fingerprint density at radius 3 is 1.53 bits per heavy atom. The molecule has 10 aromatic carbocycles. The van der Waals surface area contributed by atoms with Crippen molar-refractivity contribution >= 4 is 87.0 Å². The van der Waals surface area contributed by atoms with Gasteiger partial charge >= 0.3 is 0 Å². The molecule has 13 rings (SSSR count). The molecule has 0 saturated carbocycles. The average Bonchev–Trinajstić information content (AvgIpc) is 3.83. The Hall–Kier alpha value is -8.08. The molecule has 278 valence electrons. The van der Waals surface area contributed by atoms with Crippen LogP contribution in [0.15, 0.2) is 206 Å². The van der Waals surface area contributed by atoms with Gasteiger partial charge < -0.3 is 9.13 Å². The van der Waals surface area contributed by atoms with Crippen molar-refractivity contribution in [3.8, 4) is 33.8 Å². The van der Waals surface area contributed by atoms with Gasteiger partial charge in [0.1, 0.15) is 0 Å². The minimum atomic E-state index is 0.852. The summed E-state index contributed by atoms with van der Waals surface area (Å²) in [5, 5.41) is 12.0. The van der Waals surface area contributed by atoms with Crippen molar-refractivity contribution in [3.05, 3.63) is 206 Å². The topological polar surface area (TPSA) is 35.6 Å². The maximum Gasteiger partial charge on any atom is 0.0979 e. The first-order valence-corrected chi connectivity index (χ1v) is 20.5. The van der Waals surface area contributed by atoms with Crippen molar-refractivity contribution in [2.45, 2.75) is 0 Å². The lowest BCUT2D eigenvalue weighted by molar-refractivity contribution is 1.18. The molecular weight excluding hydrogens is 729 g/mol. The van der Waals surface area contributed by atoms with Crippen LogP contribution in [0.25, 0.3) is 121 Å². The highest BCUT2D eigenvalue weighted by Gasteiger charge is 2.18. The number of hydrogen-bond donors (Lipinski definition) is 0. The van der Waals surface area contributed by atoms with Gasteiger partial charge in [-0.15, -0.1) is 0 Å². The number of nitrogens with zero attached hydrogens (tertiary/aromatic N) is 4. The van der Waals surface area contributed by atoms with Crippen molar-refractivity contribution in [1.82, 2.24) is 19.1 Å². The second-order valence-corrected chi connectivity index (χ2v) is 15.8.